The Labute approximate surface area is 154 Å². The van der Waals surface area contributed by atoms with Gasteiger partial charge in [-0.3, -0.25) is 9.78 Å². The number of aromatic nitrogens is 2. The summed E-state index contributed by atoms with van der Waals surface area (Å²) in [5, 5.41) is 8.95. The first-order valence-electron chi connectivity index (χ1n) is 8.89. The quantitative estimate of drug-likeness (QED) is 0.801. The number of pyridine rings is 2. The largest absolute Gasteiger partial charge is 0.356 e. The van der Waals surface area contributed by atoms with Crippen LogP contribution in [0.5, 0.6) is 0 Å². The number of hydrogen-bond acceptors (Lipinski definition) is 5. The van der Waals surface area contributed by atoms with Crippen molar-refractivity contribution >= 4 is 11.7 Å². The van der Waals surface area contributed by atoms with E-state index in [1.54, 1.807) is 23.5 Å². The van der Waals surface area contributed by atoms with Gasteiger partial charge in [-0.15, -0.1) is 0 Å². The molecule has 0 saturated carbocycles. The lowest BCUT2D eigenvalue weighted by molar-refractivity contribution is -0.136. The predicted octanol–water partition coefficient (Wildman–Crippen LogP) is 2.49. The second kappa shape index (κ2) is 8.43. The monoisotopic (exact) mass is 349 g/mol. The zero-order valence-electron chi connectivity index (χ0n) is 15.0. The molecular formula is C20H23N5O. The van der Waals surface area contributed by atoms with Gasteiger partial charge in [0.05, 0.1) is 18.4 Å². The van der Waals surface area contributed by atoms with Crippen molar-refractivity contribution in [3.05, 3.63) is 54.5 Å². The van der Waals surface area contributed by atoms with Gasteiger partial charge in [0.1, 0.15) is 5.82 Å². The summed E-state index contributed by atoms with van der Waals surface area (Å²) in [6, 6.07) is 11.8. The highest BCUT2D eigenvalue weighted by Gasteiger charge is 2.37. The van der Waals surface area contributed by atoms with E-state index in [0.29, 0.717) is 26.1 Å². The lowest BCUT2D eigenvalue weighted by atomic mass is 9.96. The zero-order chi connectivity index (χ0) is 18.4. The van der Waals surface area contributed by atoms with Gasteiger partial charge in [0.15, 0.2) is 0 Å². The second-order valence-electron chi connectivity index (χ2n) is 6.71. The Hall–Kier alpha value is -2.94. The van der Waals surface area contributed by atoms with Crippen LogP contribution < -0.4 is 4.90 Å². The molecule has 0 bridgehead atoms. The summed E-state index contributed by atoms with van der Waals surface area (Å²) in [5.74, 6) is 1.16. The van der Waals surface area contributed by atoms with E-state index in [0.717, 1.165) is 17.9 Å². The highest BCUT2D eigenvalue weighted by molar-refractivity contribution is 5.80. The van der Waals surface area contributed by atoms with Crippen LogP contribution in [0.15, 0.2) is 48.9 Å². The minimum atomic E-state index is -0.0904. The maximum absolute atomic E-state index is 13.2. The van der Waals surface area contributed by atoms with Crippen LogP contribution in [0, 0.1) is 23.2 Å². The van der Waals surface area contributed by atoms with Gasteiger partial charge in [-0.25, -0.2) is 4.98 Å². The maximum atomic E-state index is 13.2. The number of carbonyl (C=O) groups excluding carboxylic acids is 1. The first-order chi connectivity index (χ1) is 12.7. The molecule has 0 spiro atoms. The number of nitriles is 1. The van der Waals surface area contributed by atoms with Gasteiger partial charge in [0, 0.05) is 44.8 Å². The lowest BCUT2D eigenvalue weighted by Crippen LogP contribution is -2.39. The van der Waals surface area contributed by atoms with Crippen molar-refractivity contribution in [2.24, 2.45) is 11.8 Å². The normalized spacial score (nSPS) is 19.2. The van der Waals surface area contributed by atoms with Crippen LogP contribution in [0.3, 0.4) is 0 Å². The van der Waals surface area contributed by atoms with Crippen molar-refractivity contribution in [1.82, 2.24) is 14.9 Å². The van der Waals surface area contributed by atoms with Gasteiger partial charge < -0.3 is 9.80 Å². The Balaban J connectivity index is 1.72. The fourth-order valence-corrected chi connectivity index (χ4v) is 3.41. The van der Waals surface area contributed by atoms with Gasteiger partial charge in [-0.2, -0.15) is 5.26 Å². The molecule has 3 heterocycles. The van der Waals surface area contributed by atoms with Gasteiger partial charge in [0.2, 0.25) is 5.91 Å². The third-order valence-electron chi connectivity index (χ3n) is 4.80. The molecule has 134 valence electrons. The number of amides is 1. The fourth-order valence-electron chi connectivity index (χ4n) is 3.41. The number of rotatable bonds is 6. The summed E-state index contributed by atoms with van der Waals surface area (Å²) in [4.78, 5) is 25.7. The summed E-state index contributed by atoms with van der Waals surface area (Å²) >= 11 is 0. The van der Waals surface area contributed by atoms with Gasteiger partial charge in [-0.1, -0.05) is 19.1 Å². The summed E-state index contributed by atoms with van der Waals surface area (Å²) in [5.41, 5.74) is 0.978. The molecule has 1 aliphatic heterocycles. The van der Waals surface area contributed by atoms with E-state index in [2.05, 4.69) is 27.9 Å². The van der Waals surface area contributed by atoms with Crippen LogP contribution >= 0.6 is 0 Å². The first kappa shape index (κ1) is 17.9. The molecule has 6 heteroatoms. The highest BCUT2D eigenvalue weighted by Crippen LogP contribution is 2.28. The number of carbonyl (C=O) groups is 1. The van der Waals surface area contributed by atoms with Gasteiger partial charge in [-0.05, 0) is 29.7 Å². The molecule has 0 aromatic carbocycles. The smallest absolute Gasteiger partial charge is 0.228 e. The minimum absolute atomic E-state index is 0.0904. The third-order valence-corrected chi connectivity index (χ3v) is 4.80. The Morgan fingerprint density at radius 2 is 2.19 bits per heavy atom. The van der Waals surface area contributed by atoms with Crippen LogP contribution in [0.1, 0.15) is 18.9 Å². The van der Waals surface area contributed by atoms with Crippen LogP contribution in [0.2, 0.25) is 0 Å². The van der Waals surface area contributed by atoms with Crippen molar-refractivity contribution in [3.63, 3.8) is 0 Å². The molecule has 2 aromatic rings. The molecule has 2 atom stereocenters. The highest BCUT2D eigenvalue weighted by atomic mass is 16.2. The third kappa shape index (κ3) is 4.17. The fraction of sp³-hybridized carbons (Fsp3) is 0.400. The molecule has 0 unspecified atom stereocenters. The van der Waals surface area contributed by atoms with E-state index in [1.807, 2.05) is 30.3 Å². The molecule has 6 nitrogen and oxygen atoms in total. The van der Waals surface area contributed by atoms with Crippen molar-refractivity contribution in [3.8, 4) is 6.07 Å². The van der Waals surface area contributed by atoms with E-state index in [1.165, 1.54) is 0 Å². The molecule has 1 amide bonds. The second-order valence-corrected chi connectivity index (χ2v) is 6.71. The maximum Gasteiger partial charge on any atom is 0.228 e. The van der Waals surface area contributed by atoms with Crippen LogP contribution in [-0.2, 0) is 11.3 Å². The van der Waals surface area contributed by atoms with E-state index >= 15 is 0 Å². The standard InChI is InChI=1S/C20H23N5O/c1-16-13-25(19-7-2-3-10-23-19)15-18(16)20(26)24(11-5-8-21)14-17-6-4-9-22-12-17/h2-4,6-7,9-10,12,16,18H,5,11,13-15H2,1H3/t16-,18-/m1/s1. The van der Waals surface area contributed by atoms with E-state index in [4.69, 9.17) is 5.26 Å². The Morgan fingerprint density at radius 1 is 1.31 bits per heavy atom. The molecule has 1 aliphatic rings. The number of nitrogens with zero attached hydrogens (tertiary/aromatic N) is 5. The average molecular weight is 349 g/mol. The summed E-state index contributed by atoms with van der Waals surface area (Å²) in [7, 11) is 0. The first-order valence-corrected chi connectivity index (χ1v) is 8.89. The van der Waals surface area contributed by atoms with E-state index < -0.39 is 0 Å². The van der Waals surface area contributed by atoms with E-state index in [9.17, 15) is 4.79 Å². The molecule has 0 aliphatic carbocycles. The van der Waals surface area contributed by atoms with Crippen molar-refractivity contribution in [2.45, 2.75) is 19.9 Å². The van der Waals surface area contributed by atoms with Crippen molar-refractivity contribution in [1.29, 1.82) is 5.26 Å². The Kier molecular flexibility index (Phi) is 5.80. The Morgan fingerprint density at radius 3 is 2.88 bits per heavy atom. The van der Waals surface area contributed by atoms with Crippen LogP contribution in [-0.4, -0.2) is 40.4 Å². The Bertz CT molecular complexity index is 759. The lowest BCUT2D eigenvalue weighted by Gasteiger charge is -2.26. The molecular weight excluding hydrogens is 326 g/mol. The molecule has 1 saturated heterocycles. The summed E-state index contributed by atoms with van der Waals surface area (Å²) in [6.45, 7) is 4.51. The number of hydrogen-bond donors (Lipinski definition) is 0. The molecule has 2 aromatic heterocycles. The molecule has 3 rings (SSSR count). The summed E-state index contributed by atoms with van der Waals surface area (Å²) < 4.78 is 0. The van der Waals surface area contributed by atoms with Crippen molar-refractivity contribution < 1.29 is 4.79 Å². The van der Waals surface area contributed by atoms with Crippen molar-refractivity contribution in [2.75, 3.05) is 24.5 Å². The molecule has 0 radical (unpaired) electrons. The predicted molar refractivity (Wildman–Crippen MR) is 99.0 cm³/mol. The average Bonchev–Trinajstić information content (AvgIpc) is 3.08. The summed E-state index contributed by atoms with van der Waals surface area (Å²) in [6.07, 6.45) is 5.59. The van der Waals surface area contributed by atoms with E-state index in [-0.39, 0.29) is 17.7 Å². The topological polar surface area (TPSA) is 73.1 Å². The van der Waals surface area contributed by atoms with Gasteiger partial charge in [0.25, 0.3) is 0 Å². The molecule has 0 N–H and O–H groups in total. The zero-order valence-corrected chi connectivity index (χ0v) is 15.0. The minimum Gasteiger partial charge on any atom is -0.356 e. The molecule has 26 heavy (non-hydrogen) atoms. The number of anilines is 1. The van der Waals surface area contributed by atoms with Crippen LogP contribution in [0.25, 0.3) is 0 Å². The van der Waals surface area contributed by atoms with Crippen LogP contribution in [0.4, 0.5) is 5.82 Å². The van der Waals surface area contributed by atoms with Gasteiger partial charge >= 0.3 is 0 Å². The molecule has 1 fully saturated rings. The SMILES string of the molecule is C[C@@H]1CN(c2ccccn2)C[C@H]1C(=O)N(CCC#N)Cc1cccnc1.